The quantitative estimate of drug-likeness (QED) is 0.175. The lowest BCUT2D eigenvalue weighted by Crippen LogP contribution is -2.53. The predicted molar refractivity (Wildman–Crippen MR) is 182 cm³/mol. The second-order valence-corrected chi connectivity index (χ2v) is 16.3. The highest BCUT2D eigenvalue weighted by Gasteiger charge is 2.75. The number of carbonyl (C=O) groups is 8. The Labute approximate surface area is 313 Å². The van der Waals surface area contributed by atoms with Crippen molar-refractivity contribution in [3.05, 3.63) is 22.3 Å². The van der Waals surface area contributed by atoms with Crippen LogP contribution in [0.2, 0.25) is 0 Å². The summed E-state index contributed by atoms with van der Waals surface area (Å²) in [5.41, 5.74) is 0.724. The van der Waals surface area contributed by atoms with Crippen LogP contribution in [0.1, 0.15) is 78.1 Å². The van der Waals surface area contributed by atoms with Gasteiger partial charge < -0.3 is 28.4 Å². The molecule has 2 aliphatic heterocycles. The van der Waals surface area contributed by atoms with Crippen molar-refractivity contribution in [2.75, 3.05) is 28.4 Å². The molecule has 0 bridgehead atoms. The first-order valence-corrected chi connectivity index (χ1v) is 19.0. The van der Waals surface area contributed by atoms with E-state index in [2.05, 4.69) is 0 Å². The summed E-state index contributed by atoms with van der Waals surface area (Å²) < 4.78 is 30.3. The van der Waals surface area contributed by atoms with Crippen LogP contribution in [0.25, 0.3) is 0 Å². The fraction of sp³-hybridized carbons (Fsp3) is 0.700. The fourth-order valence-corrected chi connectivity index (χ4v) is 12.7. The van der Waals surface area contributed by atoms with Crippen molar-refractivity contribution >= 4 is 47.8 Å². The zero-order chi connectivity index (χ0) is 39.0. The van der Waals surface area contributed by atoms with Gasteiger partial charge in [-0.05, 0) is 76.0 Å². The first-order valence-electron chi connectivity index (χ1n) is 19.0. The van der Waals surface area contributed by atoms with Crippen molar-refractivity contribution in [3.8, 4) is 0 Å². The predicted octanol–water partition coefficient (Wildman–Crippen LogP) is 3.58. The molecule has 0 aromatic heterocycles. The Morgan fingerprint density at radius 2 is 0.815 bits per heavy atom. The molecule has 292 valence electrons. The molecule has 14 heteroatoms. The van der Waals surface area contributed by atoms with Gasteiger partial charge >= 0.3 is 47.8 Å². The molecule has 0 spiro atoms. The van der Waals surface area contributed by atoms with Crippen molar-refractivity contribution in [2.24, 2.45) is 70.0 Å². The number of carbonyl (C=O) groups excluding carboxylic acids is 8. The fourth-order valence-electron chi connectivity index (χ4n) is 12.7. The summed E-state index contributed by atoms with van der Waals surface area (Å²) in [5, 5.41) is 0. The first-order chi connectivity index (χ1) is 25.8. The monoisotopic (exact) mass is 752 g/mol. The van der Waals surface area contributed by atoms with Crippen molar-refractivity contribution in [1.29, 1.82) is 0 Å². The molecule has 0 aromatic rings. The number of ether oxygens (including phenoxy) is 6. The molecule has 4 saturated carbocycles. The Balaban J connectivity index is 0.000000167. The van der Waals surface area contributed by atoms with Crippen LogP contribution < -0.4 is 0 Å². The zero-order valence-electron chi connectivity index (χ0n) is 31.6. The molecule has 6 aliphatic carbocycles. The number of rotatable bonds is 4. The lowest BCUT2D eigenvalue weighted by molar-refractivity contribution is -0.181. The normalized spacial score (nSPS) is 36.5. The maximum absolute atomic E-state index is 13.1. The van der Waals surface area contributed by atoms with Gasteiger partial charge in [0.05, 0.1) is 52.1 Å². The standard InChI is InChI=1S/2C20H24O7/c2*1-9-8-11-14(17(22)27-16(11)21)15-13(9)10-6-4-5-7-12(10)20(15,18(23)25-2)19(24)26-3/h2*10-12,14-15H,4-8H2,1-3H3/t2*10-,11+,12+,14+,15-/m11/s1. The maximum atomic E-state index is 13.1. The molecular weight excluding hydrogens is 704 g/mol. The Morgan fingerprint density at radius 1 is 0.500 bits per heavy atom. The van der Waals surface area contributed by atoms with Gasteiger partial charge in [-0.2, -0.15) is 0 Å². The van der Waals surface area contributed by atoms with E-state index in [0.717, 1.165) is 60.8 Å². The van der Waals surface area contributed by atoms with Gasteiger partial charge in [-0.25, -0.2) is 0 Å². The summed E-state index contributed by atoms with van der Waals surface area (Å²) in [6.45, 7) is 3.87. The van der Waals surface area contributed by atoms with Gasteiger partial charge in [0.2, 0.25) is 0 Å². The van der Waals surface area contributed by atoms with E-state index in [1.54, 1.807) is 0 Å². The van der Waals surface area contributed by atoms with Crippen LogP contribution in [0.15, 0.2) is 22.3 Å². The minimum Gasteiger partial charge on any atom is -0.468 e. The summed E-state index contributed by atoms with van der Waals surface area (Å²) >= 11 is 0. The third-order valence-corrected chi connectivity index (χ3v) is 14.4. The molecule has 8 aliphatic rings. The van der Waals surface area contributed by atoms with Gasteiger partial charge in [-0.3, -0.25) is 38.4 Å². The second-order valence-electron chi connectivity index (χ2n) is 16.3. The lowest BCUT2D eigenvalue weighted by Gasteiger charge is -2.39. The average molecular weight is 753 g/mol. The van der Waals surface area contributed by atoms with Crippen molar-refractivity contribution in [1.82, 2.24) is 0 Å². The molecule has 0 amide bonds. The van der Waals surface area contributed by atoms with Crippen LogP contribution in [0, 0.1) is 70.0 Å². The van der Waals surface area contributed by atoms with Crippen LogP contribution in [0.5, 0.6) is 0 Å². The second kappa shape index (κ2) is 13.7. The van der Waals surface area contributed by atoms with Crippen LogP contribution >= 0.6 is 0 Å². The van der Waals surface area contributed by atoms with Gasteiger partial charge in [-0.15, -0.1) is 0 Å². The molecule has 2 heterocycles. The molecule has 8 rings (SSSR count). The van der Waals surface area contributed by atoms with Gasteiger partial charge in [0.25, 0.3) is 0 Å². The SMILES string of the molecule is COC(=O)C1(C(=O)OC)[C@@H]2C(=C(C)C[C@@H]3C(=O)OC(=O)[C@@H]32)[C@@H]2CCCC[C@@H]21.COC(=O)C1(C(=O)OC)[C@@H]2C(=C(C)C[C@@H]3C(=O)OC(=O)[C@@H]32)[C@@H]2CCCC[C@@H]21. The topological polar surface area (TPSA) is 192 Å². The van der Waals surface area contributed by atoms with Gasteiger partial charge in [-0.1, -0.05) is 48.0 Å². The molecule has 2 saturated heterocycles. The van der Waals surface area contributed by atoms with Gasteiger partial charge in [0, 0.05) is 11.8 Å². The van der Waals surface area contributed by atoms with Crippen LogP contribution in [0.4, 0.5) is 0 Å². The molecule has 0 N–H and O–H groups in total. The van der Waals surface area contributed by atoms with Gasteiger partial charge in [0.1, 0.15) is 0 Å². The smallest absolute Gasteiger partial charge is 0.324 e. The Bertz CT molecular complexity index is 1620. The molecule has 0 radical (unpaired) electrons. The lowest BCUT2D eigenvalue weighted by atomic mass is 9.60. The molecule has 6 fully saturated rings. The highest BCUT2D eigenvalue weighted by molar-refractivity contribution is 6.06. The summed E-state index contributed by atoms with van der Waals surface area (Å²) in [7, 11) is 4.99. The van der Waals surface area contributed by atoms with Crippen molar-refractivity contribution in [3.63, 3.8) is 0 Å². The number of esters is 8. The van der Waals surface area contributed by atoms with E-state index in [4.69, 9.17) is 28.4 Å². The molecule has 54 heavy (non-hydrogen) atoms. The molecule has 0 unspecified atom stereocenters. The van der Waals surface area contributed by atoms with Crippen molar-refractivity contribution in [2.45, 2.75) is 78.1 Å². The summed E-state index contributed by atoms with van der Waals surface area (Å²) in [4.78, 5) is 102. The number of fused-ring (bicyclic) bond motifs is 10. The minimum atomic E-state index is -1.60. The van der Waals surface area contributed by atoms with E-state index >= 15 is 0 Å². The highest BCUT2D eigenvalue weighted by Crippen LogP contribution is 2.68. The van der Waals surface area contributed by atoms with E-state index in [0.29, 0.717) is 25.7 Å². The zero-order valence-corrected chi connectivity index (χ0v) is 31.6. The molecule has 0 aromatic carbocycles. The minimum absolute atomic E-state index is 0.0198. The van der Waals surface area contributed by atoms with E-state index < -0.39 is 94.1 Å². The third-order valence-electron chi connectivity index (χ3n) is 14.4. The molecule has 10 atom stereocenters. The third kappa shape index (κ3) is 4.89. The van der Waals surface area contributed by atoms with E-state index in [1.165, 1.54) is 28.4 Å². The first kappa shape index (κ1) is 37.9. The Morgan fingerprint density at radius 3 is 1.13 bits per heavy atom. The number of hydrogen-bond donors (Lipinski definition) is 0. The van der Waals surface area contributed by atoms with Crippen LogP contribution in [-0.4, -0.2) is 76.2 Å². The average Bonchev–Trinajstić information content (AvgIpc) is 3.85. The number of cyclic esters (lactones) is 4. The van der Waals surface area contributed by atoms with E-state index in [-0.39, 0.29) is 23.7 Å². The van der Waals surface area contributed by atoms with E-state index in [1.807, 2.05) is 13.8 Å². The van der Waals surface area contributed by atoms with E-state index in [9.17, 15) is 38.4 Å². The van der Waals surface area contributed by atoms with Crippen molar-refractivity contribution < 1.29 is 66.8 Å². The Kier molecular flexibility index (Phi) is 9.65. The summed E-state index contributed by atoms with van der Waals surface area (Å²) in [6.07, 6.45) is 7.73. The summed E-state index contributed by atoms with van der Waals surface area (Å²) in [5.74, 6) is -10.1. The highest BCUT2D eigenvalue weighted by atomic mass is 16.6. The van der Waals surface area contributed by atoms with Gasteiger partial charge in [0.15, 0.2) is 10.8 Å². The maximum Gasteiger partial charge on any atom is 0.324 e. The number of methoxy groups -OCH3 is 4. The number of hydrogen-bond acceptors (Lipinski definition) is 14. The largest absolute Gasteiger partial charge is 0.468 e. The van der Waals surface area contributed by atoms with Crippen LogP contribution in [0.3, 0.4) is 0 Å². The summed E-state index contributed by atoms with van der Waals surface area (Å²) in [6, 6.07) is 0. The molecule has 14 nitrogen and oxygen atoms in total. The number of allylic oxidation sites excluding steroid dienone is 4. The van der Waals surface area contributed by atoms with Crippen LogP contribution in [-0.2, 0) is 66.8 Å². The Hall–Kier alpha value is -4.36. The molecular formula is C40H48O14.